The molecule has 4 N–H and O–H groups in total. The third kappa shape index (κ3) is 6.47. The maximum atomic E-state index is 13.7. The van der Waals surface area contributed by atoms with Gasteiger partial charge in [0.25, 0.3) is 15.9 Å². The first-order valence-electron chi connectivity index (χ1n) is 8.61. The molecule has 0 saturated carbocycles. The van der Waals surface area contributed by atoms with Crippen molar-refractivity contribution in [3.8, 4) is 0 Å². The molecule has 0 spiro atoms. The van der Waals surface area contributed by atoms with Gasteiger partial charge in [0.1, 0.15) is 5.82 Å². The lowest BCUT2D eigenvalue weighted by molar-refractivity contribution is 0.0933. The van der Waals surface area contributed by atoms with Crippen LogP contribution in [0.4, 0.5) is 10.1 Å². The zero-order chi connectivity index (χ0) is 20.0. The van der Waals surface area contributed by atoms with E-state index in [4.69, 9.17) is 5.73 Å². The predicted molar refractivity (Wildman–Crippen MR) is 111 cm³/mol. The molecule has 0 aliphatic carbocycles. The van der Waals surface area contributed by atoms with Crippen molar-refractivity contribution < 1.29 is 17.6 Å². The average molecular weight is 430 g/mol. The molecule has 1 unspecified atom stereocenters. The highest BCUT2D eigenvalue weighted by Gasteiger charge is 2.19. The lowest BCUT2D eigenvalue weighted by Crippen LogP contribution is -2.41. The fourth-order valence-corrected chi connectivity index (χ4v) is 3.72. The maximum absolute atomic E-state index is 13.7. The molecule has 1 amide bonds. The van der Waals surface area contributed by atoms with Gasteiger partial charge in [-0.15, -0.1) is 12.4 Å². The average Bonchev–Trinajstić information content (AvgIpc) is 2.62. The fraction of sp³-hybridized carbons (Fsp3) is 0.316. The van der Waals surface area contributed by atoms with Gasteiger partial charge in [-0.3, -0.25) is 9.52 Å². The van der Waals surface area contributed by atoms with Crippen LogP contribution in [0.25, 0.3) is 0 Å². The Labute approximate surface area is 171 Å². The second-order valence-corrected chi connectivity index (χ2v) is 8.33. The summed E-state index contributed by atoms with van der Waals surface area (Å²) < 4.78 is 41.0. The van der Waals surface area contributed by atoms with Crippen molar-refractivity contribution >= 4 is 34.0 Å². The molecular weight excluding hydrogens is 405 g/mol. The molecule has 1 atom stereocenters. The summed E-state index contributed by atoms with van der Waals surface area (Å²) in [5.74, 6) is -0.737. The third-order valence-corrected chi connectivity index (χ3v) is 5.26. The fourth-order valence-electron chi connectivity index (χ4n) is 2.60. The van der Waals surface area contributed by atoms with E-state index >= 15 is 0 Å². The predicted octanol–water partition coefficient (Wildman–Crippen LogP) is 3.15. The zero-order valence-electron chi connectivity index (χ0n) is 15.7. The van der Waals surface area contributed by atoms with E-state index < -0.39 is 21.7 Å². The number of amides is 1. The topological polar surface area (TPSA) is 101 Å². The normalized spacial score (nSPS) is 12.2. The van der Waals surface area contributed by atoms with Crippen LogP contribution in [0, 0.1) is 11.7 Å². The van der Waals surface area contributed by atoms with Crippen LogP contribution in [0.3, 0.4) is 0 Å². The monoisotopic (exact) mass is 429 g/mol. The van der Waals surface area contributed by atoms with Crippen molar-refractivity contribution in [2.45, 2.75) is 31.2 Å². The first-order chi connectivity index (χ1) is 12.7. The van der Waals surface area contributed by atoms with Crippen LogP contribution in [0.2, 0.25) is 0 Å². The Hall–Kier alpha value is -2.16. The van der Waals surface area contributed by atoms with E-state index in [1.54, 1.807) is 0 Å². The first kappa shape index (κ1) is 23.9. The van der Waals surface area contributed by atoms with Crippen molar-refractivity contribution in [1.82, 2.24) is 5.32 Å². The Kier molecular flexibility index (Phi) is 8.87. The summed E-state index contributed by atoms with van der Waals surface area (Å²) in [6, 6.07) is 10.8. The lowest BCUT2D eigenvalue weighted by atomic mass is 10.0. The number of anilines is 1. The molecule has 0 aliphatic rings. The Morgan fingerprint density at radius 1 is 1.14 bits per heavy atom. The number of nitrogens with one attached hydrogen (secondary N) is 2. The molecule has 0 fully saturated rings. The van der Waals surface area contributed by atoms with Gasteiger partial charge in [-0.2, -0.15) is 0 Å². The number of rotatable bonds is 8. The van der Waals surface area contributed by atoms with Crippen molar-refractivity contribution in [3.05, 3.63) is 59.9 Å². The highest BCUT2D eigenvalue weighted by Crippen LogP contribution is 2.19. The zero-order valence-corrected chi connectivity index (χ0v) is 17.3. The van der Waals surface area contributed by atoms with Crippen molar-refractivity contribution in [2.24, 2.45) is 11.7 Å². The van der Waals surface area contributed by atoms with Gasteiger partial charge in [0.05, 0.1) is 10.6 Å². The number of carbonyl (C=O) groups is 1. The van der Waals surface area contributed by atoms with E-state index in [0.29, 0.717) is 5.92 Å². The Balaban J connectivity index is 0.00000392. The molecular formula is C19H25ClFN3O3S. The smallest absolute Gasteiger partial charge is 0.262 e. The van der Waals surface area contributed by atoms with Crippen molar-refractivity contribution in [3.63, 3.8) is 0 Å². The molecule has 2 aromatic carbocycles. The molecule has 0 aromatic heterocycles. The number of carbonyl (C=O) groups excluding carboxylic acids is 1. The SMILES string of the molecule is CC(C)CC(CN)NC(=O)c1cccc(S(=O)(=O)Nc2ccccc2F)c1.Cl. The van der Waals surface area contributed by atoms with Gasteiger partial charge in [0.15, 0.2) is 0 Å². The molecule has 6 nitrogen and oxygen atoms in total. The second kappa shape index (κ2) is 10.4. The number of benzene rings is 2. The van der Waals surface area contributed by atoms with Crippen LogP contribution < -0.4 is 15.8 Å². The Morgan fingerprint density at radius 2 is 1.82 bits per heavy atom. The standard InChI is InChI=1S/C19H24FN3O3S.ClH/c1-13(2)10-15(12-21)22-19(24)14-6-5-7-16(11-14)27(25,26)23-18-9-4-3-8-17(18)20;/h3-9,11,13,15,23H,10,12,21H2,1-2H3,(H,22,24);1H. The Bertz CT molecular complexity index is 907. The van der Waals surface area contributed by atoms with Crippen molar-refractivity contribution in [1.29, 1.82) is 0 Å². The number of halogens is 2. The summed E-state index contributed by atoms with van der Waals surface area (Å²) in [4.78, 5) is 12.3. The molecule has 154 valence electrons. The van der Waals surface area contributed by atoms with Gasteiger partial charge in [0.2, 0.25) is 0 Å². The molecule has 9 heteroatoms. The van der Waals surface area contributed by atoms with E-state index in [9.17, 15) is 17.6 Å². The number of sulfonamides is 1. The summed E-state index contributed by atoms with van der Waals surface area (Å²) in [6.07, 6.45) is 0.717. The lowest BCUT2D eigenvalue weighted by Gasteiger charge is -2.19. The van der Waals surface area contributed by atoms with Gasteiger partial charge >= 0.3 is 0 Å². The highest BCUT2D eigenvalue weighted by molar-refractivity contribution is 7.92. The third-order valence-electron chi connectivity index (χ3n) is 3.90. The summed E-state index contributed by atoms with van der Waals surface area (Å²) in [5, 5.41) is 2.81. The largest absolute Gasteiger partial charge is 0.348 e. The van der Waals surface area contributed by atoms with Crippen LogP contribution in [0.1, 0.15) is 30.6 Å². The summed E-state index contributed by atoms with van der Waals surface area (Å²) >= 11 is 0. The molecule has 2 rings (SSSR count). The van der Waals surface area contributed by atoms with Gasteiger partial charge in [0, 0.05) is 18.2 Å². The van der Waals surface area contributed by atoms with Crippen molar-refractivity contribution in [2.75, 3.05) is 11.3 Å². The maximum Gasteiger partial charge on any atom is 0.262 e. The minimum absolute atomic E-state index is 0. The number of hydrogen-bond acceptors (Lipinski definition) is 4. The summed E-state index contributed by atoms with van der Waals surface area (Å²) in [6.45, 7) is 4.34. The Morgan fingerprint density at radius 3 is 2.43 bits per heavy atom. The van der Waals surface area contributed by atoms with E-state index in [1.807, 2.05) is 13.8 Å². The van der Waals surface area contributed by atoms with Crippen LogP contribution in [0.15, 0.2) is 53.4 Å². The van der Waals surface area contributed by atoms with E-state index in [-0.39, 0.29) is 41.1 Å². The van der Waals surface area contributed by atoms with Gasteiger partial charge in [-0.05, 0) is 42.7 Å². The van der Waals surface area contributed by atoms with Crippen LogP contribution in [-0.2, 0) is 10.0 Å². The molecule has 0 heterocycles. The minimum Gasteiger partial charge on any atom is -0.348 e. The molecule has 0 saturated heterocycles. The molecule has 0 bridgehead atoms. The van der Waals surface area contributed by atoms with E-state index in [1.165, 1.54) is 42.5 Å². The van der Waals surface area contributed by atoms with Crippen LogP contribution >= 0.6 is 12.4 Å². The van der Waals surface area contributed by atoms with Crippen LogP contribution in [-0.4, -0.2) is 26.9 Å². The molecule has 28 heavy (non-hydrogen) atoms. The van der Waals surface area contributed by atoms with E-state index in [0.717, 1.165) is 12.5 Å². The van der Waals surface area contributed by atoms with E-state index in [2.05, 4.69) is 10.0 Å². The molecule has 2 aromatic rings. The van der Waals surface area contributed by atoms with Crippen LogP contribution in [0.5, 0.6) is 0 Å². The number of nitrogens with two attached hydrogens (primary N) is 1. The van der Waals surface area contributed by atoms with Gasteiger partial charge in [-0.1, -0.05) is 32.0 Å². The van der Waals surface area contributed by atoms with Gasteiger partial charge in [-0.25, -0.2) is 12.8 Å². The van der Waals surface area contributed by atoms with Gasteiger partial charge < -0.3 is 11.1 Å². The number of para-hydroxylation sites is 1. The molecule has 0 radical (unpaired) electrons. The highest BCUT2D eigenvalue weighted by atomic mass is 35.5. The quantitative estimate of drug-likeness (QED) is 0.599. The molecule has 0 aliphatic heterocycles. The minimum atomic E-state index is -4.04. The number of hydrogen-bond donors (Lipinski definition) is 3. The first-order valence-corrected chi connectivity index (χ1v) is 10.1. The summed E-state index contributed by atoms with van der Waals surface area (Å²) in [5.41, 5.74) is 5.72. The summed E-state index contributed by atoms with van der Waals surface area (Å²) in [7, 11) is -4.04. The second-order valence-electron chi connectivity index (χ2n) is 6.65.